The smallest absolute Gasteiger partial charge is 0.175 e. The number of benzene rings is 2. The molecule has 144 valence electrons. The Morgan fingerprint density at radius 3 is 1.74 bits per heavy atom. The van der Waals surface area contributed by atoms with E-state index < -0.39 is 17.9 Å². The second-order valence-electron chi connectivity index (χ2n) is 5.02. The monoisotopic (exact) mass is 411 g/mol. The first-order chi connectivity index (χ1) is 12.6. The van der Waals surface area contributed by atoms with Gasteiger partial charge < -0.3 is 15.0 Å². The molecule has 0 aliphatic rings. The number of ketones is 2. The molecule has 2 aromatic rings. The van der Waals surface area contributed by atoms with Crippen LogP contribution in [0.3, 0.4) is 0 Å². The lowest BCUT2D eigenvalue weighted by molar-refractivity contribution is -0.299. The van der Waals surface area contributed by atoms with Gasteiger partial charge in [-0.1, -0.05) is 59.6 Å². The van der Waals surface area contributed by atoms with E-state index in [4.69, 9.17) is 23.2 Å². The normalized spacial score (nSPS) is 10.3. The van der Waals surface area contributed by atoms with Gasteiger partial charge in [0, 0.05) is 23.1 Å². The number of aliphatic hydroxyl groups excluding tert-OH is 1. The highest BCUT2D eigenvalue weighted by Crippen LogP contribution is 2.22. The van der Waals surface area contributed by atoms with Gasteiger partial charge in [-0.25, -0.2) is 0 Å². The summed E-state index contributed by atoms with van der Waals surface area (Å²) in [5.41, 5.74) is 1.01. The third kappa shape index (κ3) is 9.65. The summed E-state index contributed by atoms with van der Waals surface area (Å²) in [6.07, 6.45) is -0.360. The first kappa shape index (κ1) is 24.5. The maximum Gasteiger partial charge on any atom is 0.175 e. The number of carbonyl (C=O) groups is 4. The predicted octanol–water partition coefficient (Wildman–Crippen LogP) is 2.44. The Hall–Kier alpha value is -2.54. The van der Waals surface area contributed by atoms with E-state index in [0.29, 0.717) is 21.2 Å². The van der Waals surface area contributed by atoms with Crippen molar-refractivity contribution in [1.82, 2.24) is 0 Å². The molecule has 0 aliphatic carbocycles. The molecule has 2 rings (SSSR count). The number of hydrogen-bond acceptors (Lipinski definition) is 6. The Morgan fingerprint density at radius 1 is 0.963 bits per heavy atom. The standard InChI is InChI=1S/C9H9ClO2.C7H5ClO.C3H4O3/c1-6(11)9(12)7-4-2-3-5-8(7)10;8-7-4-2-1-3-6(7)5-9;1-2(4)3(5)6/h2-5,9,12H,1H3;1-5H;1H3,(H,5,6)/p-1. The quantitative estimate of drug-likeness (QED) is 0.610. The minimum atomic E-state index is -1.63. The topological polar surface area (TPSA) is 112 Å². The average molecular weight is 412 g/mol. The first-order valence-electron chi connectivity index (χ1n) is 7.46. The summed E-state index contributed by atoms with van der Waals surface area (Å²) in [4.78, 5) is 39.7. The number of aliphatic carboxylic acids is 1. The van der Waals surface area contributed by atoms with Gasteiger partial charge in [0.15, 0.2) is 17.9 Å². The first-order valence-corrected chi connectivity index (χ1v) is 8.22. The zero-order valence-electron chi connectivity index (χ0n) is 14.5. The van der Waals surface area contributed by atoms with Crippen molar-refractivity contribution in [3.63, 3.8) is 0 Å². The van der Waals surface area contributed by atoms with E-state index in [0.717, 1.165) is 13.2 Å². The number of aliphatic hydroxyl groups is 1. The van der Waals surface area contributed by atoms with E-state index in [2.05, 4.69) is 0 Å². The molecule has 0 aromatic heterocycles. The van der Waals surface area contributed by atoms with Crippen LogP contribution in [0, 0.1) is 0 Å². The number of carbonyl (C=O) groups excluding carboxylic acids is 4. The zero-order chi connectivity index (χ0) is 21.0. The summed E-state index contributed by atoms with van der Waals surface area (Å²) in [6, 6.07) is 13.7. The van der Waals surface area contributed by atoms with E-state index in [1.54, 1.807) is 48.5 Å². The Kier molecular flexibility index (Phi) is 11.6. The minimum absolute atomic E-state index is 0.303. The Morgan fingerprint density at radius 2 is 1.41 bits per heavy atom. The van der Waals surface area contributed by atoms with Crippen LogP contribution in [0.1, 0.15) is 35.9 Å². The highest BCUT2D eigenvalue weighted by atomic mass is 35.5. The molecular formula is C19H17Cl2O6-. The van der Waals surface area contributed by atoms with Crippen LogP contribution in [0.2, 0.25) is 10.0 Å². The van der Waals surface area contributed by atoms with Crippen molar-refractivity contribution < 1.29 is 29.4 Å². The van der Waals surface area contributed by atoms with Crippen LogP contribution in [-0.4, -0.2) is 28.9 Å². The van der Waals surface area contributed by atoms with Crippen molar-refractivity contribution in [3.05, 3.63) is 69.7 Å². The molecule has 0 amide bonds. The molecule has 0 heterocycles. The largest absolute Gasteiger partial charge is 0.542 e. The third-order valence-electron chi connectivity index (χ3n) is 2.90. The van der Waals surface area contributed by atoms with Gasteiger partial charge in [0.2, 0.25) is 0 Å². The van der Waals surface area contributed by atoms with Crippen molar-refractivity contribution in [2.75, 3.05) is 0 Å². The maximum absolute atomic E-state index is 10.8. The summed E-state index contributed by atoms with van der Waals surface area (Å²) < 4.78 is 0. The number of aldehydes is 1. The SMILES string of the molecule is CC(=O)C(=O)[O-].CC(=O)C(O)c1ccccc1Cl.O=Cc1ccccc1Cl. The molecule has 0 bridgehead atoms. The lowest BCUT2D eigenvalue weighted by atomic mass is 10.1. The molecule has 2 aromatic carbocycles. The molecule has 8 heteroatoms. The van der Waals surface area contributed by atoms with Crippen LogP contribution in [0.15, 0.2) is 48.5 Å². The van der Waals surface area contributed by atoms with Gasteiger partial charge in [-0.2, -0.15) is 0 Å². The van der Waals surface area contributed by atoms with Crippen LogP contribution < -0.4 is 5.11 Å². The Bertz CT molecular complexity index is 792. The Labute approximate surface area is 166 Å². The van der Waals surface area contributed by atoms with Gasteiger partial charge in [0.1, 0.15) is 12.1 Å². The van der Waals surface area contributed by atoms with Gasteiger partial charge >= 0.3 is 0 Å². The molecule has 0 aliphatic heterocycles. The van der Waals surface area contributed by atoms with Crippen molar-refractivity contribution >= 4 is 47.0 Å². The second kappa shape index (κ2) is 12.8. The van der Waals surface area contributed by atoms with Crippen LogP contribution in [0.5, 0.6) is 0 Å². The summed E-state index contributed by atoms with van der Waals surface area (Å²) >= 11 is 11.3. The van der Waals surface area contributed by atoms with Crippen LogP contribution in [-0.2, 0) is 14.4 Å². The molecular weight excluding hydrogens is 395 g/mol. The van der Waals surface area contributed by atoms with E-state index in [9.17, 15) is 29.4 Å². The molecule has 1 unspecified atom stereocenters. The van der Waals surface area contributed by atoms with Crippen LogP contribution in [0.25, 0.3) is 0 Å². The average Bonchev–Trinajstić information content (AvgIpc) is 2.63. The van der Waals surface area contributed by atoms with Gasteiger partial charge in [0.25, 0.3) is 0 Å². The highest BCUT2D eigenvalue weighted by Gasteiger charge is 2.14. The summed E-state index contributed by atoms with van der Waals surface area (Å²) in [7, 11) is 0. The fourth-order valence-electron chi connectivity index (χ4n) is 1.49. The molecule has 1 N–H and O–H groups in total. The van der Waals surface area contributed by atoms with Gasteiger partial charge in [-0.05, 0) is 19.1 Å². The number of hydrogen-bond donors (Lipinski definition) is 1. The van der Waals surface area contributed by atoms with Crippen molar-refractivity contribution in [2.45, 2.75) is 20.0 Å². The summed E-state index contributed by atoms with van der Waals surface area (Å²) in [5, 5.41) is 19.5. The lowest BCUT2D eigenvalue weighted by Gasteiger charge is -2.07. The summed E-state index contributed by atoms with van der Waals surface area (Å²) in [6.45, 7) is 2.27. The number of halogens is 2. The van der Waals surface area contributed by atoms with Crippen molar-refractivity contribution in [1.29, 1.82) is 0 Å². The lowest BCUT2D eigenvalue weighted by Crippen LogP contribution is -2.29. The number of carboxylic acids is 1. The van der Waals surface area contributed by atoms with E-state index in [-0.39, 0.29) is 5.78 Å². The molecule has 6 nitrogen and oxygen atoms in total. The number of rotatable bonds is 4. The van der Waals surface area contributed by atoms with Gasteiger partial charge in [-0.3, -0.25) is 14.4 Å². The Balaban J connectivity index is 0.000000400. The molecule has 1 atom stereocenters. The van der Waals surface area contributed by atoms with E-state index in [1.165, 1.54) is 6.92 Å². The predicted molar refractivity (Wildman–Crippen MR) is 99.6 cm³/mol. The molecule has 27 heavy (non-hydrogen) atoms. The number of carboxylic acid groups (broad SMARTS) is 1. The molecule has 0 fully saturated rings. The number of Topliss-reactive ketones (excluding diaryl/α,β-unsaturated/α-hetero) is 2. The second-order valence-corrected chi connectivity index (χ2v) is 5.83. The van der Waals surface area contributed by atoms with Crippen LogP contribution in [0.4, 0.5) is 0 Å². The minimum Gasteiger partial charge on any atom is -0.542 e. The third-order valence-corrected chi connectivity index (χ3v) is 3.59. The molecule has 0 saturated carbocycles. The van der Waals surface area contributed by atoms with Gasteiger partial charge in [-0.15, -0.1) is 0 Å². The van der Waals surface area contributed by atoms with E-state index >= 15 is 0 Å². The maximum atomic E-state index is 10.8. The highest BCUT2D eigenvalue weighted by molar-refractivity contribution is 6.33. The summed E-state index contributed by atoms with van der Waals surface area (Å²) in [5.74, 6) is -2.87. The molecule has 0 saturated heterocycles. The fourth-order valence-corrected chi connectivity index (χ4v) is 1.91. The molecule has 0 radical (unpaired) electrons. The van der Waals surface area contributed by atoms with Crippen LogP contribution >= 0.6 is 23.2 Å². The van der Waals surface area contributed by atoms with Crippen molar-refractivity contribution in [2.24, 2.45) is 0 Å². The fraction of sp³-hybridized carbons (Fsp3) is 0.158. The van der Waals surface area contributed by atoms with Crippen molar-refractivity contribution in [3.8, 4) is 0 Å². The van der Waals surface area contributed by atoms with E-state index in [1.807, 2.05) is 0 Å². The zero-order valence-corrected chi connectivity index (χ0v) is 16.0. The molecule has 0 spiro atoms. The van der Waals surface area contributed by atoms with Gasteiger partial charge in [0.05, 0.1) is 5.02 Å².